The number of rotatable bonds is 6. The van der Waals surface area contributed by atoms with Crippen LogP contribution in [0.2, 0.25) is 0 Å². The zero-order valence-electron chi connectivity index (χ0n) is 14.9. The van der Waals surface area contributed by atoms with Crippen LogP contribution in [0, 0.1) is 0 Å². The predicted molar refractivity (Wildman–Crippen MR) is 108 cm³/mol. The van der Waals surface area contributed by atoms with Crippen molar-refractivity contribution >= 4 is 26.2 Å². The molecule has 0 spiro atoms. The van der Waals surface area contributed by atoms with Crippen LogP contribution in [0.3, 0.4) is 0 Å². The third kappa shape index (κ3) is 4.36. The summed E-state index contributed by atoms with van der Waals surface area (Å²) in [5.74, 6) is 0.612. The summed E-state index contributed by atoms with van der Waals surface area (Å²) in [6, 6.07) is 16.1. The van der Waals surface area contributed by atoms with Crippen LogP contribution >= 0.6 is 0 Å². The molecular formula is C19H19N5O2Se. The van der Waals surface area contributed by atoms with E-state index in [9.17, 15) is 0 Å². The van der Waals surface area contributed by atoms with E-state index in [4.69, 9.17) is 16.3 Å². The van der Waals surface area contributed by atoms with Crippen LogP contribution < -0.4 is 11.5 Å². The van der Waals surface area contributed by atoms with Gasteiger partial charge >= 0.3 is 163 Å². The Morgan fingerprint density at radius 2 is 1.41 bits per heavy atom. The number of oxime groups is 2. The molecular weight excluding hydrogens is 409 g/mol. The molecule has 0 aliphatic carbocycles. The van der Waals surface area contributed by atoms with Crippen LogP contribution in [-0.2, 0) is 9.68 Å². The average Bonchev–Trinajstić information content (AvgIpc) is 3.19. The van der Waals surface area contributed by atoms with Gasteiger partial charge in [0, 0.05) is 0 Å². The van der Waals surface area contributed by atoms with Crippen molar-refractivity contribution in [1.29, 1.82) is 0 Å². The minimum absolute atomic E-state index is 0.184. The summed E-state index contributed by atoms with van der Waals surface area (Å²) in [5.41, 5.74) is 15.3. The van der Waals surface area contributed by atoms with Crippen molar-refractivity contribution in [2.24, 2.45) is 21.8 Å². The van der Waals surface area contributed by atoms with E-state index >= 15 is 0 Å². The van der Waals surface area contributed by atoms with Crippen molar-refractivity contribution in [2.75, 3.05) is 14.2 Å². The van der Waals surface area contributed by atoms with E-state index in [0.29, 0.717) is 11.5 Å². The molecule has 0 atom stereocenters. The van der Waals surface area contributed by atoms with E-state index in [1.165, 1.54) is 23.1 Å². The molecule has 0 amide bonds. The molecule has 3 rings (SSSR count). The average molecular weight is 428 g/mol. The summed E-state index contributed by atoms with van der Waals surface area (Å²) < 4.78 is 2.54. The van der Waals surface area contributed by atoms with Crippen molar-refractivity contribution < 1.29 is 9.68 Å². The van der Waals surface area contributed by atoms with Gasteiger partial charge in [-0.25, -0.2) is 0 Å². The summed E-state index contributed by atoms with van der Waals surface area (Å²) in [7, 11) is 2.92. The first-order valence-corrected chi connectivity index (χ1v) is 9.74. The molecule has 2 heterocycles. The summed E-state index contributed by atoms with van der Waals surface area (Å²) in [6.45, 7) is 0. The van der Waals surface area contributed by atoms with Crippen molar-refractivity contribution in [1.82, 2.24) is 4.98 Å². The second-order valence-electron chi connectivity index (χ2n) is 5.49. The van der Waals surface area contributed by atoms with Gasteiger partial charge < -0.3 is 0 Å². The molecule has 8 heteroatoms. The summed E-state index contributed by atoms with van der Waals surface area (Å²) in [6.07, 6.45) is 1.81. The van der Waals surface area contributed by atoms with Crippen molar-refractivity contribution in [3.63, 3.8) is 0 Å². The van der Waals surface area contributed by atoms with E-state index in [1.54, 1.807) is 0 Å². The number of hydrogen-bond donors (Lipinski definition) is 2. The molecule has 27 heavy (non-hydrogen) atoms. The van der Waals surface area contributed by atoms with E-state index in [-0.39, 0.29) is 20.3 Å². The van der Waals surface area contributed by atoms with Crippen LogP contribution in [0.5, 0.6) is 0 Å². The van der Waals surface area contributed by atoms with Gasteiger partial charge in [-0.3, -0.25) is 0 Å². The molecule has 3 aromatic rings. The Kier molecular flexibility index (Phi) is 5.90. The number of nitrogens with two attached hydrogens (primary N) is 2. The number of aromatic nitrogens is 1. The van der Waals surface area contributed by atoms with Crippen LogP contribution in [0.25, 0.3) is 20.0 Å². The zero-order chi connectivity index (χ0) is 19.2. The van der Waals surface area contributed by atoms with Gasteiger partial charge in [-0.15, -0.1) is 0 Å². The van der Waals surface area contributed by atoms with Crippen molar-refractivity contribution in [2.45, 2.75) is 0 Å². The van der Waals surface area contributed by atoms with Gasteiger partial charge in [0.05, 0.1) is 0 Å². The summed E-state index contributed by atoms with van der Waals surface area (Å²) in [4.78, 5) is 13.7. The first-order valence-electron chi connectivity index (χ1n) is 8.03. The first kappa shape index (κ1) is 18.7. The minimum atomic E-state index is 0.184. The number of amidine groups is 2. The maximum atomic E-state index is 5.83. The fraction of sp³-hybridized carbons (Fsp3) is 0.105. The fourth-order valence-electron chi connectivity index (χ4n) is 2.44. The topological polar surface area (TPSA) is 108 Å². The Morgan fingerprint density at radius 1 is 0.815 bits per heavy atom. The number of hydrogen-bond acceptors (Lipinski definition) is 5. The van der Waals surface area contributed by atoms with Gasteiger partial charge in [0.2, 0.25) is 0 Å². The second kappa shape index (κ2) is 8.53. The van der Waals surface area contributed by atoms with Crippen LogP contribution in [-0.4, -0.2) is 45.4 Å². The molecule has 0 radical (unpaired) electrons. The summed E-state index contributed by atoms with van der Waals surface area (Å²) >= 11 is 0.184. The van der Waals surface area contributed by atoms with Gasteiger partial charge in [-0.1, -0.05) is 0 Å². The van der Waals surface area contributed by atoms with Crippen molar-refractivity contribution in [3.8, 4) is 20.0 Å². The SMILES string of the molecule is CO/N=C(\N)c1ccc(-c2ccc(-c3ccc(/C(N)=N/OC)nc3)[se]2)cc1. The third-order valence-electron chi connectivity index (χ3n) is 3.76. The van der Waals surface area contributed by atoms with Gasteiger partial charge in [0.1, 0.15) is 0 Å². The Balaban J connectivity index is 1.80. The zero-order valence-corrected chi connectivity index (χ0v) is 16.6. The molecule has 0 bridgehead atoms. The Bertz CT molecular complexity index is 885. The molecule has 0 unspecified atom stereocenters. The quantitative estimate of drug-likeness (QED) is 0.270. The van der Waals surface area contributed by atoms with Crippen LogP contribution in [0.1, 0.15) is 11.3 Å². The van der Waals surface area contributed by atoms with Crippen LogP contribution in [0.15, 0.2) is 65.0 Å². The number of nitrogens with zero attached hydrogens (tertiary/aromatic N) is 3. The third-order valence-corrected chi connectivity index (χ3v) is 6.24. The van der Waals surface area contributed by atoms with Crippen LogP contribution in [0.4, 0.5) is 0 Å². The molecule has 0 aliphatic rings. The van der Waals surface area contributed by atoms with E-state index in [1.807, 2.05) is 42.6 Å². The number of benzene rings is 1. The summed E-state index contributed by atoms with van der Waals surface area (Å²) in [5, 5.41) is 7.44. The molecule has 7 nitrogen and oxygen atoms in total. The second-order valence-corrected chi connectivity index (χ2v) is 7.77. The number of pyridine rings is 1. The van der Waals surface area contributed by atoms with E-state index in [2.05, 4.69) is 32.3 Å². The standard InChI is InChI=1S/C19H19N5O2Se/c1-25-23-18(20)13-5-3-12(4-6-13)16-9-10-17(27-16)14-7-8-15(22-11-14)19(21)24-26-2/h3-11H,1-2H3,(H2,20,23)(H2,21,24). The van der Waals surface area contributed by atoms with Crippen molar-refractivity contribution in [3.05, 3.63) is 66.0 Å². The molecule has 4 N–H and O–H groups in total. The molecule has 0 fully saturated rings. The van der Waals surface area contributed by atoms with Gasteiger partial charge in [0.15, 0.2) is 0 Å². The Labute approximate surface area is 163 Å². The normalized spacial score (nSPS) is 12.1. The van der Waals surface area contributed by atoms with Gasteiger partial charge in [-0.2, -0.15) is 0 Å². The monoisotopic (exact) mass is 429 g/mol. The molecule has 0 aliphatic heterocycles. The van der Waals surface area contributed by atoms with E-state index < -0.39 is 0 Å². The van der Waals surface area contributed by atoms with E-state index in [0.717, 1.165) is 16.7 Å². The fourth-order valence-corrected chi connectivity index (χ4v) is 4.54. The molecule has 2 aromatic heterocycles. The molecule has 0 saturated carbocycles. The van der Waals surface area contributed by atoms with Gasteiger partial charge in [-0.05, 0) is 0 Å². The maximum absolute atomic E-state index is 5.83. The van der Waals surface area contributed by atoms with Gasteiger partial charge in [0.25, 0.3) is 0 Å². The Morgan fingerprint density at radius 3 is 2.00 bits per heavy atom. The first-order chi connectivity index (χ1) is 13.1. The Hall–Kier alpha value is -3.09. The molecule has 0 saturated heterocycles. The predicted octanol–water partition coefficient (Wildman–Crippen LogP) is 2.01. The molecule has 138 valence electrons. The molecule has 1 aromatic carbocycles.